The summed E-state index contributed by atoms with van der Waals surface area (Å²) in [5, 5.41) is 0. The zero-order chi connectivity index (χ0) is 14.8. The van der Waals surface area contributed by atoms with Gasteiger partial charge in [0.15, 0.2) is 0 Å². The molecule has 0 aromatic rings. The van der Waals surface area contributed by atoms with Crippen molar-refractivity contribution in [2.75, 3.05) is 45.6 Å². The van der Waals surface area contributed by atoms with Crippen LogP contribution in [0.15, 0.2) is 0 Å². The molecule has 0 radical (unpaired) electrons. The standard InChI is InChI=1S/C7H16N.C6H14O4S/c1-3-8(2)6-4-5-7-8;1-2-10-5-3-4-6-11(7,8)9/h3-7H2,1-2H3;2-6H2,1H3,(H,7,8,9)/q+1;/p-1. The summed E-state index contributed by atoms with van der Waals surface area (Å²) in [6.45, 7) is 9.46. The van der Waals surface area contributed by atoms with Crippen LogP contribution in [0, 0.1) is 0 Å². The third kappa shape index (κ3) is 11.4. The van der Waals surface area contributed by atoms with Gasteiger partial charge >= 0.3 is 0 Å². The van der Waals surface area contributed by atoms with Gasteiger partial charge in [0, 0.05) is 31.8 Å². The minimum absolute atomic E-state index is 0.278. The van der Waals surface area contributed by atoms with Crippen molar-refractivity contribution in [2.45, 2.75) is 39.5 Å². The summed E-state index contributed by atoms with van der Waals surface area (Å²) in [5.41, 5.74) is 0. The second-order valence-corrected chi connectivity index (χ2v) is 6.78. The summed E-state index contributed by atoms with van der Waals surface area (Å²) in [5.74, 6) is -0.278. The Bertz CT molecular complexity index is 311. The number of rotatable bonds is 7. The lowest BCUT2D eigenvalue weighted by atomic mass is 10.4. The first-order valence-corrected chi connectivity index (χ1v) is 8.75. The highest BCUT2D eigenvalue weighted by atomic mass is 32.2. The van der Waals surface area contributed by atoms with E-state index < -0.39 is 10.1 Å². The van der Waals surface area contributed by atoms with Gasteiger partial charge < -0.3 is 13.8 Å². The molecule has 6 heteroatoms. The van der Waals surface area contributed by atoms with E-state index in [9.17, 15) is 13.0 Å². The minimum Gasteiger partial charge on any atom is -0.748 e. The molecule has 0 bridgehead atoms. The van der Waals surface area contributed by atoms with E-state index in [1.807, 2.05) is 6.92 Å². The molecule has 0 aromatic heterocycles. The quantitative estimate of drug-likeness (QED) is 0.406. The second-order valence-electron chi connectivity index (χ2n) is 5.26. The van der Waals surface area contributed by atoms with E-state index in [1.54, 1.807) is 0 Å². The van der Waals surface area contributed by atoms with Crippen molar-refractivity contribution in [1.82, 2.24) is 0 Å². The van der Waals surface area contributed by atoms with E-state index in [-0.39, 0.29) is 5.75 Å². The van der Waals surface area contributed by atoms with Gasteiger partial charge in [-0.3, -0.25) is 0 Å². The van der Waals surface area contributed by atoms with Crippen LogP contribution in [0.1, 0.15) is 39.5 Å². The Hall–Kier alpha value is -0.170. The molecule has 1 aliphatic rings. The van der Waals surface area contributed by atoms with Crippen molar-refractivity contribution in [3.8, 4) is 0 Å². The van der Waals surface area contributed by atoms with E-state index >= 15 is 0 Å². The van der Waals surface area contributed by atoms with Crippen LogP contribution in [0.3, 0.4) is 0 Å². The van der Waals surface area contributed by atoms with Crippen molar-refractivity contribution < 1.29 is 22.2 Å². The van der Waals surface area contributed by atoms with Crippen molar-refractivity contribution in [3.05, 3.63) is 0 Å². The summed E-state index contributed by atoms with van der Waals surface area (Å²) in [6.07, 6.45) is 3.93. The molecule has 0 amide bonds. The number of ether oxygens (including phenoxy) is 1. The van der Waals surface area contributed by atoms with E-state index in [0.717, 1.165) is 0 Å². The van der Waals surface area contributed by atoms with Crippen LogP contribution < -0.4 is 0 Å². The summed E-state index contributed by atoms with van der Waals surface area (Å²) < 4.78 is 36.5. The van der Waals surface area contributed by atoms with E-state index in [0.29, 0.717) is 26.1 Å². The Kier molecular flexibility index (Phi) is 9.60. The first kappa shape index (κ1) is 18.8. The zero-order valence-corrected chi connectivity index (χ0v) is 13.4. The molecule has 0 saturated carbocycles. The number of nitrogens with zero attached hydrogens (tertiary/aromatic N) is 1. The fraction of sp³-hybridized carbons (Fsp3) is 1.00. The van der Waals surface area contributed by atoms with Crippen LogP contribution in [0.25, 0.3) is 0 Å². The largest absolute Gasteiger partial charge is 0.748 e. The number of unbranched alkanes of at least 4 members (excludes halogenated alkanes) is 1. The summed E-state index contributed by atoms with van der Waals surface area (Å²) in [6, 6.07) is 0. The Morgan fingerprint density at radius 2 is 1.74 bits per heavy atom. The second kappa shape index (κ2) is 9.69. The highest BCUT2D eigenvalue weighted by Gasteiger charge is 2.23. The number of quaternary nitrogens is 1. The maximum absolute atomic E-state index is 10.1. The van der Waals surface area contributed by atoms with Crippen molar-refractivity contribution in [1.29, 1.82) is 0 Å². The van der Waals surface area contributed by atoms with Crippen LogP contribution in [-0.2, 0) is 14.9 Å². The van der Waals surface area contributed by atoms with Gasteiger partial charge in [0.1, 0.15) is 0 Å². The molecule has 0 spiro atoms. The maximum atomic E-state index is 10.1. The molecule has 19 heavy (non-hydrogen) atoms. The third-order valence-electron chi connectivity index (χ3n) is 3.55. The molecule has 1 rings (SSSR count). The number of likely N-dealkylation sites (tertiary alicyclic amines) is 1. The molecule has 1 fully saturated rings. The van der Waals surface area contributed by atoms with Gasteiger partial charge in [0.05, 0.1) is 36.8 Å². The predicted molar refractivity (Wildman–Crippen MR) is 76.0 cm³/mol. The third-order valence-corrected chi connectivity index (χ3v) is 4.34. The van der Waals surface area contributed by atoms with E-state index in [2.05, 4.69) is 14.0 Å². The van der Waals surface area contributed by atoms with Gasteiger partial charge in [0.2, 0.25) is 0 Å². The van der Waals surface area contributed by atoms with Crippen LogP contribution in [0.5, 0.6) is 0 Å². The van der Waals surface area contributed by atoms with E-state index in [1.165, 1.54) is 37.0 Å². The van der Waals surface area contributed by atoms with Crippen LogP contribution in [0.4, 0.5) is 0 Å². The summed E-state index contributed by atoms with van der Waals surface area (Å²) in [7, 11) is -1.66. The zero-order valence-electron chi connectivity index (χ0n) is 12.6. The van der Waals surface area contributed by atoms with Gasteiger partial charge in [-0.05, 0) is 26.7 Å². The molecule has 0 N–H and O–H groups in total. The summed E-state index contributed by atoms with van der Waals surface area (Å²) in [4.78, 5) is 0. The molecule has 1 heterocycles. The molecule has 0 aromatic carbocycles. The molecule has 1 saturated heterocycles. The normalized spacial score (nSPS) is 17.9. The average molecular weight is 295 g/mol. The Morgan fingerprint density at radius 3 is 2.11 bits per heavy atom. The van der Waals surface area contributed by atoms with Crippen molar-refractivity contribution in [2.24, 2.45) is 0 Å². The lowest BCUT2D eigenvalue weighted by Gasteiger charge is -2.26. The van der Waals surface area contributed by atoms with Crippen LogP contribution in [-0.4, -0.2) is 63.1 Å². The fourth-order valence-corrected chi connectivity index (χ4v) is 2.60. The monoisotopic (exact) mass is 295 g/mol. The molecular weight excluding hydrogens is 266 g/mol. The minimum atomic E-state index is -4.02. The SMILES string of the molecule is CCOCCCCS(=O)(=O)[O-].CC[N+]1(C)CCCC1. The molecule has 0 unspecified atom stereocenters. The molecule has 116 valence electrons. The van der Waals surface area contributed by atoms with Gasteiger partial charge in [-0.2, -0.15) is 0 Å². The fourth-order valence-electron chi connectivity index (χ4n) is 2.04. The van der Waals surface area contributed by atoms with Crippen molar-refractivity contribution >= 4 is 10.1 Å². The van der Waals surface area contributed by atoms with Crippen LogP contribution in [0.2, 0.25) is 0 Å². The lowest BCUT2D eigenvalue weighted by molar-refractivity contribution is -0.895. The predicted octanol–water partition coefficient (Wildman–Crippen LogP) is 1.59. The Morgan fingerprint density at radius 1 is 1.16 bits per heavy atom. The van der Waals surface area contributed by atoms with Gasteiger partial charge in [-0.25, -0.2) is 8.42 Å². The molecule has 0 atom stereocenters. The molecule has 5 nitrogen and oxygen atoms in total. The number of hydrogen-bond acceptors (Lipinski definition) is 4. The Labute approximate surface area is 118 Å². The Balaban J connectivity index is 0.000000356. The first-order chi connectivity index (χ1) is 8.83. The average Bonchev–Trinajstić information content (AvgIpc) is 2.76. The van der Waals surface area contributed by atoms with Gasteiger partial charge in [0.25, 0.3) is 0 Å². The smallest absolute Gasteiger partial charge is 0.0945 e. The van der Waals surface area contributed by atoms with Crippen LogP contribution >= 0.6 is 0 Å². The molecule has 0 aliphatic carbocycles. The number of hydrogen-bond donors (Lipinski definition) is 0. The van der Waals surface area contributed by atoms with Crippen molar-refractivity contribution in [3.63, 3.8) is 0 Å². The topological polar surface area (TPSA) is 66.4 Å². The van der Waals surface area contributed by atoms with Gasteiger partial charge in [-0.15, -0.1) is 0 Å². The highest BCUT2D eigenvalue weighted by Crippen LogP contribution is 2.14. The molecule has 1 aliphatic heterocycles. The lowest BCUT2D eigenvalue weighted by Crippen LogP contribution is -2.40. The highest BCUT2D eigenvalue weighted by molar-refractivity contribution is 7.85. The molecular formula is C13H29NO4S. The maximum Gasteiger partial charge on any atom is 0.0945 e. The summed E-state index contributed by atoms with van der Waals surface area (Å²) >= 11 is 0. The van der Waals surface area contributed by atoms with E-state index in [4.69, 9.17) is 4.74 Å². The first-order valence-electron chi connectivity index (χ1n) is 7.18. The van der Waals surface area contributed by atoms with Gasteiger partial charge in [-0.1, -0.05) is 0 Å².